The Balaban J connectivity index is 2.61. The number of rotatable bonds is 6. The van der Waals surface area contributed by atoms with E-state index >= 15 is 0 Å². The fourth-order valence-electron chi connectivity index (χ4n) is 2.12. The van der Waals surface area contributed by atoms with Gasteiger partial charge in [0.25, 0.3) is 5.69 Å². The third-order valence-electron chi connectivity index (χ3n) is 3.11. The first-order valence-electron chi connectivity index (χ1n) is 7.27. The van der Waals surface area contributed by atoms with Gasteiger partial charge in [-0.3, -0.25) is 10.1 Å². The Labute approximate surface area is 139 Å². The van der Waals surface area contributed by atoms with Crippen LogP contribution in [0.1, 0.15) is 26.5 Å². The fourth-order valence-corrected chi connectivity index (χ4v) is 2.76. The molecule has 0 amide bonds. The molecule has 0 saturated carbocycles. The van der Waals surface area contributed by atoms with E-state index < -0.39 is 4.92 Å². The third-order valence-corrected chi connectivity index (χ3v) is 4.22. The Hall–Kier alpha value is -2.34. The highest BCUT2D eigenvalue weighted by Gasteiger charge is 2.14. The molecule has 0 bridgehead atoms. The minimum absolute atomic E-state index is 0.0301. The number of hydrogen-bond acceptors (Lipinski definition) is 5. The first-order valence-corrected chi connectivity index (χ1v) is 8.15. The van der Waals surface area contributed by atoms with Gasteiger partial charge < -0.3 is 4.74 Å². The molecule has 23 heavy (non-hydrogen) atoms. The number of nitro benzene ring substituents is 1. The maximum atomic E-state index is 11.0. The second kappa shape index (κ2) is 7.78. The van der Waals surface area contributed by atoms with Crippen molar-refractivity contribution in [3.05, 3.63) is 57.6 Å². The number of benzene rings is 1. The molecule has 0 aliphatic carbocycles. The van der Waals surface area contributed by atoms with Crippen LogP contribution in [0.4, 0.5) is 5.69 Å². The summed E-state index contributed by atoms with van der Waals surface area (Å²) in [5.41, 5.74) is 1.50. The molecule has 2 rings (SSSR count). The number of thioether (sulfide) groups is 1. The molecule has 2 aromatic rings. The average molecular weight is 330 g/mol. The Morgan fingerprint density at radius 3 is 2.78 bits per heavy atom. The van der Waals surface area contributed by atoms with Crippen LogP contribution in [0.3, 0.4) is 0 Å². The number of ether oxygens (including phenoxy) is 1. The van der Waals surface area contributed by atoms with Gasteiger partial charge >= 0.3 is 0 Å². The van der Waals surface area contributed by atoms with Gasteiger partial charge in [-0.2, -0.15) is 0 Å². The summed E-state index contributed by atoms with van der Waals surface area (Å²) in [4.78, 5) is 16.2. The molecule has 0 radical (unpaired) electrons. The van der Waals surface area contributed by atoms with Crippen molar-refractivity contribution < 1.29 is 9.66 Å². The molecule has 0 aliphatic heterocycles. The van der Waals surface area contributed by atoms with E-state index in [2.05, 4.69) is 4.98 Å². The van der Waals surface area contributed by atoms with Gasteiger partial charge in [0, 0.05) is 28.5 Å². The van der Waals surface area contributed by atoms with Crippen molar-refractivity contribution in [1.82, 2.24) is 4.98 Å². The molecular weight excluding hydrogens is 312 g/mol. The molecule has 0 N–H and O–H groups in total. The summed E-state index contributed by atoms with van der Waals surface area (Å²) in [7, 11) is 0. The fraction of sp³-hybridized carbons (Fsp3) is 0.235. The predicted molar refractivity (Wildman–Crippen MR) is 95.6 cm³/mol. The van der Waals surface area contributed by atoms with Crippen molar-refractivity contribution in [2.24, 2.45) is 0 Å². The van der Waals surface area contributed by atoms with E-state index in [1.54, 1.807) is 17.8 Å². The van der Waals surface area contributed by atoms with Gasteiger partial charge in [-0.1, -0.05) is 23.9 Å². The van der Waals surface area contributed by atoms with E-state index in [1.807, 2.05) is 44.4 Å². The molecule has 0 aliphatic rings. The second-order valence-corrected chi connectivity index (χ2v) is 5.59. The zero-order chi connectivity index (χ0) is 16.8. The van der Waals surface area contributed by atoms with Crippen LogP contribution in [-0.4, -0.2) is 16.5 Å². The minimum atomic E-state index is -0.414. The normalized spacial score (nSPS) is 12.0. The summed E-state index contributed by atoms with van der Waals surface area (Å²) in [5, 5.41) is 13.6. The summed E-state index contributed by atoms with van der Waals surface area (Å²) >= 11 is 1.57. The molecule has 0 saturated heterocycles. The van der Waals surface area contributed by atoms with Crippen molar-refractivity contribution in [2.45, 2.75) is 20.8 Å². The summed E-state index contributed by atoms with van der Waals surface area (Å²) in [6, 6.07) is 6.46. The largest absolute Gasteiger partial charge is 0.493 e. The van der Waals surface area contributed by atoms with Crippen molar-refractivity contribution in [2.75, 3.05) is 6.61 Å². The number of pyridine rings is 1. The zero-order valence-corrected chi connectivity index (χ0v) is 14.1. The Kier molecular flexibility index (Phi) is 5.76. The molecule has 6 heteroatoms. The van der Waals surface area contributed by atoms with Crippen LogP contribution in [0.5, 0.6) is 5.75 Å². The van der Waals surface area contributed by atoms with Crippen LogP contribution in [0.25, 0.3) is 15.8 Å². The highest BCUT2D eigenvalue weighted by Crippen LogP contribution is 2.34. The molecule has 0 atom stereocenters. The van der Waals surface area contributed by atoms with E-state index in [1.165, 1.54) is 12.1 Å². The van der Waals surface area contributed by atoms with Crippen LogP contribution in [0, 0.1) is 10.1 Å². The van der Waals surface area contributed by atoms with Crippen LogP contribution < -0.4 is 4.74 Å². The highest BCUT2D eigenvalue weighted by atomic mass is 32.2. The molecule has 0 spiro atoms. The van der Waals surface area contributed by atoms with Crippen LogP contribution in [0.2, 0.25) is 0 Å². The Morgan fingerprint density at radius 2 is 2.17 bits per heavy atom. The van der Waals surface area contributed by atoms with E-state index in [0.29, 0.717) is 23.3 Å². The lowest BCUT2D eigenvalue weighted by Gasteiger charge is -2.11. The predicted octanol–water partition coefficient (Wildman–Crippen LogP) is 5.17. The Bertz CT molecular complexity index is 785. The molecule has 120 valence electrons. The van der Waals surface area contributed by atoms with E-state index in [9.17, 15) is 10.1 Å². The number of nitro groups is 1. The van der Waals surface area contributed by atoms with Crippen molar-refractivity contribution in [3.63, 3.8) is 0 Å². The summed E-state index contributed by atoms with van der Waals surface area (Å²) < 4.78 is 5.68. The molecule has 0 fully saturated rings. The topological polar surface area (TPSA) is 65.3 Å². The lowest BCUT2D eigenvalue weighted by molar-refractivity contribution is -0.384. The monoisotopic (exact) mass is 330 g/mol. The van der Waals surface area contributed by atoms with Gasteiger partial charge in [0.2, 0.25) is 0 Å². The Morgan fingerprint density at radius 1 is 1.39 bits per heavy atom. The lowest BCUT2D eigenvalue weighted by atomic mass is 10.1. The molecule has 1 aromatic carbocycles. The second-order valence-electron chi connectivity index (χ2n) is 4.64. The number of nitrogens with zero attached hydrogens (tertiary/aromatic N) is 2. The minimum Gasteiger partial charge on any atom is -0.493 e. The molecule has 1 heterocycles. The number of allylic oxidation sites excluding steroid dienone is 2. The van der Waals surface area contributed by atoms with Crippen LogP contribution in [0.15, 0.2) is 41.8 Å². The zero-order valence-electron chi connectivity index (χ0n) is 13.3. The average Bonchev–Trinajstić information content (AvgIpc) is 2.55. The first-order chi connectivity index (χ1) is 11.1. The van der Waals surface area contributed by atoms with Gasteiger partial charge in [0.15, 0.2) is 0 Å². The van der Waals surface area contributed by atoms with Gasteiger partial charge in [-0.25, -0.2) is 4.98 Å². The summed E-state index contributed by atoms with van der Waals surface area (Å²) in [6.07, 6.45) is 3.95. The van der Waals surface area contributed by atoms with Gasteiger partial charge in [-0.05, 0) is 32.2 Å². The maximum Gasteiger partial charge on any atom is 0.270 e. The van der Waals surface area contributed by atoms with Crippen molar-refractivity contribution in [1.29, 1.82) is 0 Å². The number of fused-ring (bicyclic) bond motifs is 1. The lowest BCUT2D eigenvalue weighted by Crippen LogP contribution is -1.97. The van der Waals surface area contributed by atoms with Gasteiger partial charge in [-0.15, -0.1) is 0 Å². The van der Waals surface area contributed by atoms with E-state index in [0.717, 1.165) is 10.6 Å². The van der Waals surface area contributed by atoms with Crippen LogP contribution >= 0.6 is 11.8 Å². The van der Waals surface area contributed by atoms with Gasteiger partial charge in [0.05, 0.1) is 22.7 Å². The molecular formula is C17H18N2O3S. The number of aromatic nitrogens is 1. The first kappa shape index (κ1) is 17.0. The highest BCUT2D eigenvalue weighted by molar-refractivity contribution is 8.10. The quantitative estimate of drug-likeness (QED) is 0.540. The summed E-state index contributed by atoms with van der Waals surface area (Å²) in [5.74, 6) is 0.608. The van der Waals surface area contributed by atoms with E-state index in [4.69, 9.17) is 4.74 Å². The maximum absolute atomic E-state index is 11.0. The molecule has 5 nitrogen and oxygen atoms in total. The smallest absolute Gasteiger partial charge is 0.270 e. The molecule has 1 aromatic heterocycles. The number of non-ortho nitro benzene ring substituents is 1. The van der Waals surface area contributed by atoms with Crippen LogP contribution in [-0.2, 0) is 0 Å². The SMILES string of the molecule is C/C=C\S/C(=C\C)c1cc(OCC)c2cc([N+](=O)[O-])ccc2n1. The van der Waals surface area contributed by atoms with E-state index in [-0.39, 0.29) is 5.69 Å². The third kappa shape index (κ3) is 3.90. The number of hydrogen-bond donors (Lipinski definition) is 0. The van der Waals surface area contributed by atoms with Crippen molar-refractivity contribution in [3.8, 4) is 5.75 Å². The standard InChI is InChI=1S/C17H18N2O3S/c1-4-9-23-17(5-2)15-11-16(22-6-3)13-10-12(19(20)21)7-8-14(13)18-15/h4-5,7-11H,6H2,1-3H3/b9-4-,17-5-. The van der Waals surface area contributed by atoms with Gasteiger partial charge in [0.1, 0.15) is 5.75 Å². The summed E-state index contributed by atoms with van der Waals surface area (Å²) in [6.45, 7) is 6.27. The molecule has 0 unspecified atom stereocenters. The van der Waals surface area contributed by atoms with Crippen molar-refractivity contribution >= 4 is 33.3 Å².